The van der Waals surface area contributed by atoms with Crippen molar-refractivity contribution in [2.45, 2.75) is 79.1 Å². The molecule has 1 aromatic carbocycles. The van der Waals surface area contributed by atoms with E-state index in [0.717, 1.165) is 34.7 Å². The molecule has 0 fully saturated rings. The third-order valence-corrected chi connectivity index (χ3v) is 4.39. The van der Waals surface area contributed by atoms with E-state index in [9.17, 15) is 0 Å². The van der Waals surface area contributed by atoms with Gasteiger partial charge in [0.1, 0.15) is 0 Å². The van der Waals surface area contributed by atoms with Gasteiger partial charge in [-0.15, -0.1) is 0 Å². The maximum Gasteiger partial charge on any atom is 0.0737 e. The Bertz CT molecular complexity index is 587. The number of anilines is 1. The van der Waals surface area contributed by atoms with Crippen LogP contribution in [0.2, 0.25) is 5.02 Å². The molecule has 1 heterocycles. The van der Waals surface area contributed by atoms with Crippen molar-refractivity contribution in [3.63, 3.8) is 0 Å². The van der Waals surface area contributed by atoms with Crippen molar-refractivity contribution in [2.24, 2.45) is 5.73 Å². The highest BCUT2D eigenvalue weighted by Gasteiger charge is 2.02. The number of aromatic nitrogens is 1. The summed E-state index contributed by atoms with van der Waals surface area (Å²) in [6.07, 6.45) is 12.2. The van der Waals surface area contributed by atoms with Gasteiger partial charge in [-0.1, -0.05) is 77.8 Å². The highest BCUT2D eigenvalue weighted by atomic mass is 35.5. The molecular formula is C23H40ClN3. The van der Waals surface area contributed by atoms with Gasteiger partial charge in [0.15, 0.2) is 0 Å². The predicted molar refractivity (Wildman–Crippen MR) is 124 cm³/mol. The lowest BCUT2D eigenvalue weighted by atomic mass is 10.1. The molecule has 1 aromatic heterocycles. The van der Waals surface area contributed by atoms with Crippen LogP contribution in [0.25, 0.3) is 10.9 Å². The van der Waals surface area contributed by atoms with Gasteiger partial charge in [0.2, 0.25) is 0 Å². The summed E-state index contributed by atoms with van der Waals surface area (Å²) in [7, 11) is 0. The molecule has 0 radical (unpaired) electrons. The average Bonchev–Trinajstić information content (AvgIpc) is 2.72. The smallest absolute Gasteiger partial charge is 0.0737 e. The minimum Gasteiger partial charge on any atom is -0.384 e. The number of rotatable bonds is 11. The molecule has 0 saturated heterocycles. The van der Waals surface area contributed by atoms with E-state index in [2.05, 4.69) is 10.3 Å². The quantitative estimate of drug-likeness (QED) is 0.390. The number of nitrogens with one attached hydrogen (secondary N) is 1. The van der Waals surface area contributed by atoms with Crippen molar-refractivity contribution in [2.75, 3.05) is 18.4 Å². The molecule has 0 atom stereocenters. The van der Waals surface area contributed by atoms with Gasteiger partial charge in [-0.25, -0.2) is 0 Å². The van der Waals surface area contributed by atoms with Gasteiger partial charge < -0.3 is 11.1 Å². The van der Waals surface area contributed by atoms with Crippen LogP contribution in [-0.2, 0) is 0 Å². The Hall–Kier alpha value is -1.32. The normalized spacial score (nSPS) is 9.85. The highest BCUT2D eigenvalue weighted by Crippen LogP contribution is 2.24. The summed E-state index contributed by atoms with van der Waals surface area (Å²) in [5.41, 5.74) is 7.59. The third-order valence-electron chi connectivity index (χ3n) is 4.15. The van der Waals surface area contributed by atoms with Gasteiger partial charge in [0.05, 0.1) is 5.52 Å². The fourth-order valence-corrected chi connectivity index (χ4v) is 2.99. The van der Waals surface area contributed by atoms with E-state index >= 15 is 0 Å². The van der Waals surface area contributed by atoms with Crippen LogP contribution in [-0.4, -0.2) is 18.1 Å². The molecule has 4 heteroatoms. The summed E-state index contributed by atoms with van der Waals surface area (Å²) in [4.78, 5) is 4.37. The third kappa shape index (κ3) is 11.2. The van der Waals surface area contributed by atoms with Gasteiger partial charge in [-0.05, 0) is 43.7 Å². The maximum absolute atomic E-state index is 6.02. The molecule has 3 N–H and O–H groups in total. The molecule has 154 valence electrons. The van der Waals surface area contributed by atoms with Crippen molar-refractivity contribution >= 4 is 28.2 Å². The van der Waals surface area contributed by atoms with Crippen LogP contribution in [0.5, 0.6) is 0 Å². The average molecular weight is 394 g/mol. The number of nitrogens with two attached hydrogens (primary N) is 1. The minimum absolute atomic E-state index is 0.730. The molecule has 0 saturated carbocycles. The van der Waals surface area contributed by atoms with Crippen LogP contribution < -0.4 is 11.1 Å². The van der Waals surface area contributed by atoms with Gasteiger partial charge in [-0.3, -0.25) is 4.98 Å². The Labute approximate surface area is 172 Å². The number of fused-ring (bicyclic) bond motifs is 1. The first kappa shape index (κ1) is 25.7. The largest absolute Gasteiger partial charge is 0.384 e. The Morgan fingerprint density at radius 1 is 0.852 bits per heavy atom. The molecule has 0 aliphatic rings. The Morgan fingerprint density at radius 2 is 1.44 bits per heavy atom. The van der Waals surface area contributed by atoms with Crippen LogP contribution in [0.3, 0.4) is 0 Å². The van der Waals surface area contributed by atoms with Crippen LogP contribution >= 0.6 is 11.6 Å². The number of hydrogen-bond donors (Lipinski definition) is 2. The number of benzene rings is 1. The van der Waals surface area contributed by atoms with Crippen LogP contribution in [0.1, 0.15) is 79.1 Å². The molecule has 0 bridgehead atoms. The SMILES string of the molecule is CC.CC.NCCCCCCCCCCNc1ccnc2cc(Cl)ccc12. The fraction of sp³-hybridized carbons (Fsp3) is 0.609. The fourth-order valence-electron chi connectivity index (χ4n) is 2.83. The minimum atomic E-state index is 0.730. The number of hydrogen-bond acceptors (Lipinski definition) is 3. The van der Waals surface area contributed by atoms with E-state index in [0.29, 0.717) is 0 Å². The second-order valence-corrected chi connectivity index (χ2v) is 6.50. The molecule has 2 aromatic rings. The zero-order valence-electron chi connectivity index (χ0n) is 17.9. The van der Waals surface area contributed by atoms with Crippen molar-refractivity contribution in [3.8, 4) is 0 Å². The maximum atomic E-state index is 6.02. The Morgan fingerprint density at radius 3 is 2.07 bits per heavy atom. The predicted octanol–water partition coefficient (Wildman–Crippen LogP) is 7.43. The van der Waals surface area contributed by atoms with Crippen molar-refractivity contribution in [1.82, 2.24) is 4.98 Å². The van der Waals surface area contributed by atoms with Crippen molar-refractivity contribution in [3.05, 3.63) is 35.5 Å². The van der Waals surface area contributed by atoms with E-state index in [-0.39, 0.29) is 0 Å². The van der Waals surface area contributed by atoms with E-state index in [4.69, 9.17) is 17.3 Å². The van der Waals surface area contributed by atoms with Crippen LogP contribution in [0, 0.1) is 0 Å². The second kappa shape index (κ2) is 18.1. The molecule has 0 spiro atoms. The molecule has 0 aliphatic carbocycles. The molecule has 0 unspecified atom stereocenters. The number of unbranched alkanes of at least 4 members (excludes halogenated alkanes) is 7. The number of pyridine rings is 1. The van der Waals surface area contributed by atoms with E-state index in [1.54, 1.807) is 0 Å². The molecule has 0 amide bonds. The molecule has 27 heavy (non-hydrogen) atoms. The van der Waals surface area contributed by atoms with Crippen molar-refractivity contribution in [1.29, 1.82) is 0 Å². The highest BCUT2D eigenvalue weighted by molar-refractivity contribution is 6.31. The second-order valence-electron chi connectivity index (χ2n) is 6.06. The molecule has 3 nitrogen and oxygen atoms in total. The van der Waals surface area contributed by atoms with Crippen molar-refractivity contribution < 1.29 is 0 Å². The van der Waals surface area contributed by atoms with Gasteiger partial charge in [0, 0.05) is 28.8 Å². The summed E-state index contributed by atoms with van der Waals surface area (Å²) in [5, 5.41) is 5.40. The lowest BCUT2D eigenvalue weighted by molar-refractivity contribution is 0.575. The molecule has 0 aliphatic heterocycles. The zero-order chi connectivity index (χ0) is 20.3. The van der Waals surface area contributed by atoms with E-state index in [1.807, 2.05) is 58.2 Å². The summed E-state index contributed by atoms with van der Waals surface area (Å²) in [6.45, 7) is 9.84. The summed E-state index contributed by atoms with van der Waals surface area (Å²) >= 11 is 6.02. The van der Waals surface area contributed by atoms with Gasteiger partial charge in [-0.2, -0.15) is 0 Å². The standard InChI is InChI=1S/C19H28ClN3.2C2H6/c20-16-9-10-17-18(11-14-23-19(17)15-16)22-13-8-6-4-2-1-3-5-7-12-21;2*1-2/h9-11,14-15H,1-8,12-13,21H2,(H,22,23);2*1-2H3. The monoisotopic (exact) mass is 393 g/mol. The molecule has 2 rings (SSSR count). The van der Waals surface area contributed by atoms with E-state index in [1.165, 1.54) is 51.4 Å². The lowest BCUT2D eigenvalue weighted by Gasteiger charge is -2.09. The topological polar surface area (TPSA) is 50.9 Å². The number of nitrogens with zero attached hydrogens (tertiary/aromatic N) is 1. The van der Waals surface area contributed by atoms with Gasteiger partial charge in [0.25, 0.3) is 0 Å². The first-order valence-electron chi connectivity index (χ1n) is 10.8. The van der Waals surface area contributed by atoms with Gasteiger partial charge >= 0.3 is 0 Å². The summed E-state index contributed by atoms with van der Waals surface area (Å²) < 4.78 is 0. The molecular weight excluding hydrogens is 354 g/mol. The lowest BCUT2D eigenvalue weighted by Crippen LogP contribution is -2.02. The number of halogens is 1. The first-order chi connectivity index (χ1) is 13.3. The summed E-state index contributed by atoms with van der Waals surface area (Å²) in [6, 6.07) is 7.90. The summed E-state index contributed by atoms with van der Waals surface area (Å²) in [5.74, 6) is 0. The Kier molecular flexibility index (Phi) is 17.2. The Balaban J connectivity index is 0.00000158. The van der Waals surface area contributed by atoms with Crippen LogP contribution in [0.4, 0.5) is 5.69 Å². The van der Waals surface area contributed by atoms with E-state index < -0.39 is 0 Å². The van der Waals surface area contributed by atoms with Crippen LogP contribution in [0.15, 0.2) is 30.5 Å². The zero-order valence-corrected chi connectivity index (χ0v) is 18.6. The first-order valence-corrected chi connectivity index (χ1v) is 11.2.